The van der Waals surface area contributed by atoms with E-state index in [1.807, 2.05) is 25.1 Å². The molecular weight excluding hydrogens is 484 g/mol. The summed E-state index contributed by atoms with van der Waals surface area (Å²) >= 11 is 0. The molecule has 0 radical (unpaired) electrons. The Bertz CT molecular complexity index is 1370. The van der Waals surface area contributed by atoms with Crippen molar-refractivity contribution in [1.82, 2.24) is 10.1 Å². The molecule has 196 valence electrons. The van der Waals surface area contributed by atoms with E-state index in [-0.39, 0.29) is 0 Å². The van der Waals surface area contributed by atoms with Gasteiger partial charge in [0, 0.05) is 18.7 Å². The largest absolute Gasteiger partial charge is 0.503 e. The van der Waals surface area contributed by atoms with E-state index in [1.54, 1.807) is 0 Å². The van der Waals surface area contributed by atoms with Gasteiger partial charge in [0.25, 0.3) is 0 Å². The van der Waals surface area contributed by atoms with E-state index < -0.39 is 6.16 Å². The number of rotatable bonds is 6. The van der Waals surface area contributed by atoms with Gasteiger partial charge in [-0.1, -0.05) is 59.8 Å². The van der Waals surface area contributed by atoms with Crippen LogP contribution in [0.3, 0.4) is 0 Å². The Labute approximate surface area is 220 Å². The lowest BCUT2D eigenvalue weighted by atomic mass is 10.0. The molecular formula is C29H30N4O5. The molecule has 2 aromatic heterocycles. The van der Waals surface area contributed by atoms with Gasteiger partial charge >= 0.3 is 6.16 Å². The van der Waals surface area contributed by atoms with Gasteiger partial charge in [0.05, 0.1) is 13.2 Å². The Hall–Kier alpha value is -4.37. The van der Waals surface area contributed by atoms with E-state index in [9.17, 15) is 0 Å². The number of anilines is 3. The summed E-state index contributed by atoms with van der Waals surface area (Å²) in [5.41, 5.74) is 6.50. The quantitative estimate of drug-likeness (QED) is 0.269. The van der Waals surface area contributed by atoms with E-state index in [4.69, 9.17) is 29.3 Å². The molecule has 1 saturated heterocycles. The van der Waals surface area contributed by atoms with Crippen molar-refractivity contribution in [3.05, 3.63) is 78.0 Å². The first-order valence-electron chi connectivity index (χ1n) is 12.6. The van der Waals surface area contributed by atoms with Crippen molar-refractivity contribution in [3.8, 4) is 22.5 Å². The van der Waals surface area contributed by atoms with Crippen LogP contribution in [-0.2, 0) is 4.74 Å². The molecule has 9 nitrogen and oxygen atoms in total. The first-order chi connectivity index (χ1) is 18.5. The number of hydrogen-bond acceptors (Lipinski definition) is 7. The molecule has 3 heterocycles. The second-order valence-electron chi connectivity index (χ2n) is 9.33. The predicted octanol–water partition coefficient (Wildman–Crippen LogP) is 6.39. The van der Waals surface area contributed by atoms with Crippen LogP contribution in [0.5, 0.6) is 0 Å². The fourth-order valence-corrected chi connectivity index (χ4v) is 4.48. The van der Waals surface area contributed by atoms with Gasteiger partial charge in [-0.15, -0.1) is 0 Å². The van der Waals surface area contributed by atoms with Crippen LogP contribution in [-0.4, -0.2) is 52.8 Å². The number of pyridine rings is 1. The fraction of sp³-hybridized carbons (Fsp3) is 0.276. The minimum Gasteiger partial charge on any atom is -0.450 e. The van der Waals surface area contributed by atoms with Gasteiger partial charge in [-0.3, -0.25) is 0 Å². The number of nitrogens with zero attached hydrogens (tertiary/aromatic N) is 3. The number of carbonyl (C=O) groups is 1. The van der Waals surface area contributed by atoms with Crippen molar-refractivity contribution >= 4 is 23.5 Å². The number of nitrogens with one attached hydrogen (secondary N) is 1. The smallest absolute Gasteiger partial charge is 0.450 e. The minimum absolute atomic E-state index is 0.715. The molecule has 1 saturated carbocycles. The summed E-state index contributed by atoms with van der Waals surface area (Å²) in [5, 5.41) is 21.6. The average Bonchev–Trinajstić information content (AvgIpc) is 3.73. The van der Waals surface area contributed by atoms with Crippen LogP contribution < -0.4 is 10.2 Å². The van der Waals surface area contributed by atoms with Crippen molar-refractivity contribution in [2.24, 2.45) is 0 Å². The minimum atomic E-state index is -1.83. The molecule has 0 spiro atoms. The van der Waals surface area contributed by atoms with Crippen molar-refractivity contribution < 1.29 is 24.3 Å². The zero-order chi connectivity index (χ0) is 26.5. The zero-order valence-electron chi connectivity index (χ0n) is 21.1. The molecule has 1 aliphatic carbocycles. The Kier molecular flexibility index (Phi) is 7.55. The Morgan fingerprint density at radius 3 is 2.16 bits per heavy atom. The van der Waals surface area contributed by atoms with Crippen LogP contribution in [0.25, 0.3) is 22.5 Å². The van der Waals surface area contributed by atoms with Crippen LogP contribution in [0.2, 0.25) is 0 Å². The molecule has 2 aromatic carbocycles. The summed E-state index contributed by atoms with van der Waals surface area (Å²) in [6, 6.07) is 23.5. The molecule has 0 amide bonds. The maximum absolute atomic E-state index is 8.56. The number of benzene rings is 2. The predicted molar refractivity (Wildman–Crippen MR) is 145 cm³/mol. The van der Waals surface area contributed by atoms with Gasteiger partial charge < -0.3 is 29.7 Å². The normalized spacial score (nSPS) is 14.9. The number of ether oxygens (including phenoxy) is 1. The standard InChI is InChI=1S/C28H28N4O2.CH2O3/c1-19-27(30-25-3-2-4-26(29-25)32-15-17-33-18-16-32)28(34-31-19)24-13-11-23(12-14-24)22-9-7-21(8-10-22)20-5-6-20;2-1(3)4/h2-4,7-14,20H,5-6,15-18H2,1H3,(H,29,30);(H2,2,3,4). The lowest BCUT2D eigenvalue weighted by Gasteiger charge is -2.28. The third kappa shape index (κ3) is 6.12. The van der Waals surface area contributed by atoms with Crippen LogP contribution in [0, 0.1) is 6.92 Å². The molecule has 6 rings (SSSR count). The Morgan fingerprint density at radius 1 is 0.921 bits per heavy atom. The van der Waals surface area contributed by atoms with Crippen LogP contribution in [0.1, 0.15) is 30.0 Å². The first-order valence-corrected chi connectivity index (χ1v) is 12.6. The maximum atomic E-state index is 8.56. The van der Waals surface area contributed by atoms with Crippen molar-refractivity contribution in [2.45, 2.75) is 25.7 Å². The van der Waals surface area contributed by atoms with Gasteiger partial charge in [0.1, 0.15) is 23.0 Å². The number of aromatic nitrogens is 2. The van der Waals surface area contributed by atoms with Gasteiger partial charge in [0.15, 0.2) is 5.76 Å². The lowest BCUT2D eigenvalue weighted by Crippen LogP contribution is -2.36. The van der Waals surface area contributed by atoms with Crippen LogP contribution in [0.15, 0.2) is 71.3 Å². The fourth-order valence-electron chi connectivity index (χ4n) is 4.48. The van der Waals surface area contributed by atoms with E-state index in [0.29, 0.717) is 5.76 Å². The SMILES string of the molecule is Cc1noc(-c2ccc(-c3ccc(C4CC4)cc3)cc2)c1Nc1cccc(N2CCOCC2)n1.O=C(O)O. The molecule has 2 aliphatic rings. The van der Waals surface area contributed by atoms with Gasteiger partial charge in [-0.2, -0.15) is 0 Å². The first kappa shape index (κ1) is 25.3. The molecule has 3 N–H and O–H groups in total. The Balaban J connectivity index is 0.000000689. The summed E-state index contributed by atoms with van der Waals surface area (Å²) < 4.78 is 11.2. The molecule has 0 atom stereocenters. The van der Waals surface area contributed by atoms with E-state index in [2.05, 4.69) is 63.9 Å². The highest BCUT2D eigenvalue weighted by Crippen LogP contribution is 2.40. The molecule has 0 unspecified atom stereocenters. The maximum Gasteiger partial charge on any atom is 0.503 e. The van der Waals surface area contributed by atoms with Crippen molar-refractivity contribution in [1.29, 1.82) is 0 Å². The summed E-state index contributed by atoms with van der Waals surface area (Å²) in [5.74, 6) is 3.21. The number of hydrogen-bond donors (Lipinski definition) is 3. The highest BCUT2D eigenvalue weighted by atomic mass is 16.6. The van der Waals surface area contributed by atoms with E-state index in [1.165, 1.54) is 29.5 Å². The van der Waals surface area contributed by atoms with Crippen molar-refractivity contribution in [3.63, 3.8) is 0 Å². The molecule has 2 fully saturated rings. The molecule has 38 heavy (non-hydrogen) atoms. The summed E-state index contributed by atoms with van der Waals surface area (Å²) in [6.45, 7) is 5.11. The van der Waals surface area contributed by atoms with Crippen LogP contribution in [0.4, 0.5) is 22.1 Å². The zero-order valence-corrected chi connectivity index (χ0v) is 21.1. The lowest BCUT2D eigenvalue weighted by molar-refractivity contribution is 0.122. The molecule has 0 bridgehead atoms. The van der Waals surface area contributed by atoms with Gasteiger partial charge in [-0.25, -0.2) is 9.78 Å². The monoisotopic (exact) mass is 514 g/mol. The topological polar surface area (TPSA) is 121 Å². The number of carboxylic acid groups (broad SMARTS) is 2. The molecule has 9 heteroatoms. The number of morpholine rings is 1. The van der Waals surface area contributed by atoms with Gasteiger partial charge in [-0.05, 0) is 54.5 Å². The number of aryl methyl sites for hydroxylation is 1. The third-order valence-corrected chi connectivity index (χ3v) is 6.63. The molecule has 4 aromatic rings. The Morgan fingerprint density at radius 2 is 1.53 bits per heavy atom. The average molecular weight is 515 g/mol. The van der Waals surface area contributed by atoms with Crippen molar-refractivity contribution in [2.75, 3.05) is 36.5 Å². The van der Waals surface area contributed by atoms with Gasteiger partial charge in [0.2, 0.25) is 0 Å². The van der Waals surface area contributed by atoms with E-state index in [0.717, 1.165) is 60.8 Å². The summed E-state index contributed by atoms with van der Waals surface area (Å²) in [4.78, 5) is 15.6. The second-order valence-corrected chi connectivity index (χ2v) is 9.33. The second kappa shape index (κ2) is 11.4. The summed E-state index contributed by atoms with van der Waals surface area (Å²) in [7, 11) is 0. The molecule has 1 aliphatic heterocycles. The van der Waals surface area contributed by atoms with Crippen LogP contribution >= 0.6 is 0 Å². The third-order valence-electron chi connectivity index (χ3n) is 6.63. The summed E-state index contributed by atoms with van der Waals surface area (Å²) in [6.07, 6.45) is 0.822. The highest BCUT2D eigenvalue weighted by Gasteiger charge is 2.23. The van der Waals surface area contributed by atoms with E-state index >= 15 is 0 Å². The highest BCUT2D eigenvalue weighted by molar-refractivity contribution is 5.79.